The van der Waals surface area contributed by atoms with E-state index >= 15 is 0 Å². The number of hydrogen-bond donors (Lipinski definition) is 1. The fraction of sp³-hybridized carbons (Fsp3) is 0.500. The van der Waals surface area contributed by atoms with Crippen molar-refractivity contribution in [1.82, 2.24) is 0 Å². The van der Waals surface area contributed by atoms with Gasteiger partial charge in [-0.25, -0.2) is 0 Å². The Bertz CT molecular complexity index is 354. The quantitative estimate of drug-likeness (QED) is 0.346. The highest BCUT2D eigenvalue weighted by Crippen LogP contribution is 2.26. The monoisotopic (exact) mass is 194 g/mol. The zero-order chi connectivity index (χ0) is 10.1. The number of carbonyl (C=O) groups excluding carboxylic acids is 2. The Morgan fingerprint density at radius 2 is 2.07 bits per heavy atom. The molecule has 14 heavy (non-hydrogen) atoms. The summed E-state index contributed by atoms with van der Waals surface area (Å²) in [5.41, 5.74) is 0.880. The molecule has 0 radical (unpaired) electrons. The Morgan fingerprint density at radius 1 is 1.29 bits per heavy atom. The van der Waals surface area contributed by atoms with E-state index in [1.165, 1.54) is 6.08 Å². The molecular formula is C10H12NO3+. The van der Waals surface area contributed by atoms with Crippen LogP contribution in [0.4, 0.5) is 0 Å². The Kier molecular flexibility index (Phi) is 2.19. The second-order valence-electron chi connectivity index (χ2n) is 3.72. The Morgan fingerprint density at radius 3 is 2.86 bits per heavy atom. The third-order valence-electron chi connectivity index (χ3n) is 2.75. The molecule has 0 amide bonds. The van der Waals surface area contributed by atoms with Crippen molar-refractivity contribution < 1.29 is 19.5 Å². The summed E-state index contributed by atoms with van der Waals surface area (Å²) in [4.78, 5) is 22.3. The highest BCUT2D eigenvalue weighted by molar-refractivity contribution is 6.60. The van der Waals surface area contributed by atoms with Crippen molar-refractivity contribution in [3.05, 3.63) is 11.6 Å². The second kappa shape index (κ2) is 3.36. The summed E-state index contributed by atoms with van der Waals surface area (Å²) in [5.74, 6) is -1.17. The smallest absolute Gasteiger partial charge is 0.290 e. The van der Waals surface area contributed by atoms with Crippen LogP contribution in [0.1, 0.15) is 25.7 Å². The minimum Gasteiger partial charge on any atom is -0.290 e. The van der Waals surface area contributed by atoms with Crippen LogP contribution in [0.15, 0.2) is 11.6 Å². The SMILES string of the molecule is O=C1C=C2CCCCC2[N+](O)=CC1=O. The van der Waals surface area contributed by atoms with Gasteiger partial charge in [0.05, 0.1) is 0 Å². The normalized spacial score (nSPS) is 27.6. The number of fused-ring (bicyclic) bond motifs is 1. The number of Topliss-reactive ketones (excluding diaryl/α,β-unsaturated/α-hetero) is 1. The summed E-state index contributed by atoms with van der Waals surface area (Å²) in [7, 11) is 0. The van der Waals surface area contributed by atoms with Gasteiger partial charge in [0.2, 0.25) is 11.8 Å². The van der Waals surface area contributed by atoms with E-state index in [9.17, 15) is 14.8 Å². The number of ketones is 2. The van der Waals surface area contributed by atoms with Crippen LogP contribution < -0.4 is 0 Å². The summed E-state index contributed by atoms with van der Waals surface area (Å²) in [5, 5.41) is 9.54. The molecule has 74 valence electrons. The van der Waals surface area contributed by atoms with Gasteiger partial charge in [-0.05, 0) is 30.1 Å². The molecule has 0 saturated heterocycles. The zero-order valence-electron chi connectivity index (χ0n) is 7.77. The Hall–Kier alpha value is -1.45. The van der Waals surface area contributed by atoms with E-state index in [0.29, 0.717) is 0 Å². The van der Waals surface area contributed by atoms with Gasteiger partial charge in [0.25, 0.3) is 12.0 Å². The first-order valence-corrected chi connectivity index (χ1v) is 4.79. The number of nitrogens with zero attached hydrogens (tertiary/aromatic N) is 1. The molecule has 0 aromatic rings. The number of rotatable bonds is 0. The molecule has 4 heteroatoms. The van der Waals surface area contributed by atoms with Crippen LogP contribution in [0.3, 0.4) is 0 Å². The first-order chi connectivity index (χ1) is 6.68. The van der Waals surface area contributed by atoms with Crippen molar-refractivity contribution in [3.63, 3.8) is 0 Å². The van der Waals surface area contributed by atoms with E-state index in [-0.39, 0.29) is 6.04 Å². The third-order valence-corrected chi connectivity index (χ3v) is 2.75. The molecule has 0 bridgehead atoms. The van der Waals surface area contributed by atoms with Gasteiger partial charge in [-0.1, -0.05) is 0 Å². The van der Waals surface area contributed by atoms with Gasteiger partial charge < -0.3 is 0 Å². The van der Waals surface area contributed by atoms with Crippen molar-refractivity contribution >= 4 is 17.8 Å². The van der Waals surface area contributed by atoms with Crippen LogP contribution in [0.25, 0.3) is 0 Å². The largest absolute Gasteiger partial charge is 0.293 e. The lowest BCUT2D eigenvalue weighted by Crippen LogP contribution is -2.29. The molecule has 1 heterocycles. The summed E-state index contributed by atoms with van der Waals surface area (Å²) < 4.78 is 0.887. The van der Waals surface area contributed by atoms with Crippen molar-refractivity contribution in [3.8, 4) is 0 Å². The molecule has 0 aromatic carbocycles. The van der Waals surface area contributed by atoms with E-state index < -0.39 is 11.6 Å². The van der Waals surface area contributed by atoms with Crippen molar-refractivity contribution in [2.45, 2.75) is 31.7 Å². The fourth-order valence-electron chi connectivity index (χ4n) is 2.00. The van der Waals surface area contributed by atoms with Crippen LogP contribution in [0.2, 0.25) is 0 Å². The standard InChI is InChI=1S/C10H12NO3/c12-9-5-7-3-1-2-4-8(7)11(14)6-10(9)13/h5-6,8,14H,1-4H2/q+1. The first kappa shape index (κ1) is 9.12. The van der Waals surface area contributed by atoms with Gasteiger partial charge in [-0.15, -0.1) is 0 Å². The van der Waals surface area contributed by atoms with E-state index in [1.807, 2.05) is 0 Å². The summed E-state index contributed by atoms with van der Waals surface area (Å²) >= 11 is 0. The number of allylic oxidation sites excluding steroid dienone is 1. The van der Waals surface area contributed by atoms with Crippen LogP contribution in [0, 0.1) is 0 Å². The highest BCUT2D eigenvalue weighted by atomic mass is 16.5. The highest BCUT2D eigenvalue weighted by Gasteiger charge is 2.34. The predicted octanol–water partition coefficient (Wildman–Crippen LogP) is 0.480. The third kappa shape index (κ3) is 1.47. The van der Waals surface area contributed by atoms with Gasteiger partial charge in [0.15, 0.2) is 0 Å². The molecule has 1 saturated carbocycles. The molecule has 2 aliphatic rings. The lowest BCUT2D eigenvalue weighted by Gasteiger charge is -2.17. The molecule has 1 fully saturated rings. The van der Waals surface area contributed by atoms with Crippen molar-refractivity contribution in [1.29, 1.82) is 0 Å². The summed E-state index contributed by atoms with van der Waals surface area (Å²) in [6.45, 7) is 0. The topological polar surface area (TPSA) is 57.4 Å². The summed E-state index contributed by atoms with van der Waals surface area (Å²) in [6.07, 6.45) is 6.03. The summed E-state index contributed by atoms with van der Waals surface area (Å²) in [6, 6.07) is -0.167. The van der Waals surface area contributed by atoms with E-state index in [2.05, 4.69) is 0 Å². The lowest BCUT2D eigenvalue weighted by atomic mass is 9.90. The Balaban J connectivity index is 2.41. The number of hydrogen-bond acceptors (Lipinski definition) is 3. The second-order valence-corrected chi connectivity index (χ2v) is 3.72. The molecule has 0 spiro atoms. The van der Waals surface area contributed by atoms with Crippen LogP contribution >= 0.6 is 0 Å². The average molecular weight is 194 g/mol. The fourth-order valence-corrected chi connectivity index (χ4v) is 2.00. The minimum absolute atomic E-state index is 0.167. The van der Waals surface area contributed by atoms with Crippen LogP contribution in [-0.4, -0.2) is 33.8 Å². The molecule has 2 rings (SSSR count). The molecule has 1 atom stereocenters. The maximum atomic E-state index is 11.2. The lowest BCUT2D eigenvalue weighted by molar-refractivity contribution is -0.790. The predicted molar refractivity (Wildman–Crippen MR) is 48.5 cm³/mol. The minimum atomic E-state index is -0.644. The van der Waals surface area contributed by atoms with Gasteiger partial charge in [-0.2, -0.15) is 0 Å². The van der Waals surface area contributed by atoms with Crippen molar-refractivity contribution in [2.24, 2.45) is 0 Å². The number of carbonyl (C=O) groups is 2. The van der Waals surface area contributed by atoms with Crippen molar-refractivity contribution in [2.75, 3.05) is 0 Å². The molecule has 1 unspecified atom stereocenters. The molecule has 4 nitrogen and oxygen atoms in total. The Labute approximate surface area is 81.5 Å². The maximum absolute atomic E-state index is 11.2. The first-order valence-electron chi connectivity index (χ1n) is 4.79. The molecule has 1 aliphatic heterocycles. The average Bonchev–Trinajstić information content (AvgIpc) is 2.27. The molecule has 1 N–H and O–H groups in total. The zero-order valence-corrected chi connectivity index (χ0v) is 7.77. The van der Waals surface area contributed by atoms with Crippen LogP contribution in [-0.2, 0) is 9.59 Å². The van der Waals surface area contributed by atoms with E-state index in [1.54, 1.807) is 0 Å². The van der Waals surface area contributed by atoms with Crippen LogP contribution in [0.5, 0.6) is 0 Å². The molecule has 1 aliphatic carbocycles. The van der Waals surface area contributed by atoms with E-state index in [0.717, 1.165) is 42.2 Å². The van der Waals surface area contributed by atoms with Gasteiger partial charge in [0, 0.05) is 12.0 Å². The van der Waals surface area contributed by atoms with Gasteiger partial charge >= 0.3 is 0 Å². The molecular weight excluding hydrogens is 182 g/mol. The van der Waals surface area contributed by atoms with Gasteiger partial charge in [-0.3, -0.25) is 14.8 Å². The molecule has 0 aromatic heterocycles. The number of hydroxylamine groups is 1. The maximum Gasteiger partial charge on any atom is 0.293 e. The van der Waals surface area contributed by atoms with Gasteiger partial charge in [0.1, 0.15) is 0 Å². The van der Waals surface area contributed by atoms with E-state index in [4.69, 9.17) is 0 Å².